The molecule has 0 saturated heterocycles. The summed E-state index contributed by atoms with van der Waals surface area (Å²) in [6.45, 7) is 0. The van der Waals surface area contributed by atoms with E-state index in [1.54, 1.807) is 0 Å². The van der Waals surface area contributed by atoms with Crippen LogP contribution in [0.1, 0.15) is 0 Å². The average molecular weight is 604 g/mol. The quantitative estimate of drug-likeness (QED) is 0.286. The number of anilines is 1. The van der Waals surface area contributed by atoms with Crippen LogP contribution in [0.2, 0.25) is 0 Å². The predicted molar refractivity (Wildman–Crippen MR) is 96.8 cm³/mol. The summed E-state index contributed by atoms with van der Waals surface area (Å²) in [4.78, 5) is 15.0. The van der Waals surface area contributed by atoms with Crippen LogP contribution in [0.3, 0.4) is 0 Å². The second-order valence-electron chi connectivity index (χ2n) is 7.23. The molecule has 0 fully saturated rings. The van der Waals surface area contributed by atoms with E-state index in [9.17, 15) is 75.0 Å². The van der Waals surface area contributed by atoms with Crippen molar-refractivity contribution in [3.05, 3.63) is 35.7 Å². The molecular weight excluding hydrogens is 596 g/mol. The van der Waals surface area contributed by atoms with Crippen molar-refractivity contribution in [3.8, 4) is 11.3 Å². The first-order chi connectivity index (χ1) is 16.9. The Morgan fingerprint density at radius 1 is 0.711 bits per heavy atom. The van der Waals surface area contributed by atoms with E-state index in [2.05, 4.69) is 4.98 Å². The van der Waals surface area contributed by atoms with Crippen LogP contribution in [0.4, 0.5) is 75.4 Å². The van der Waals surface area contributed by atoms with Crippen LogP contribution in [-0.2, 0) is 4.79 Å². The topological polar surface area (TPSA) is 42.0 Å². The summed E-state index contributed by atoms with van der Waals surface area (Å²) < 4.78 is 214. The van der Waals surface area contributed by atoms with Crippen LogP contribution < -0.4 is 5.32 Å². The van der Waals surface area contributed by atoms with Crippen LogP contribution in [0.15, 0.2) is 35.7 Å². The molecule has 20 heteroatoms. The molecule has 0 aliphatic rings. The van der Waals surface area contributed by atoms with Crippen LogP contribution >= 0.6 is 11.3 Å². The highest BCUT2D eigenvalue weighted by molar-refractivity contribution is 7.14. The van der Waals surface area contributed by atoms with Gasteiger partial charge in [-0.1, -0.05) is 30.3 Å². The highest BCUT2D eigenvalue weighted by Crippen LogP contribution is 2.62. The SMILES string of the molecule is O=C(Nc1nc(-c2ccccc2)cs1)C(F)(F)C(F)(F)C(F)(F)C(F)(F)C(F)(F)C(F)(F)C(F)(F)C(F)F. The molecule has 2 aromatic rings. The van der Waals surface area contributed by atoms with Crippen molar-refractivity contribution >= 4 is 22.4 Å². The summed E-state index contributed by atoms with van der Waals surface area (Å²) in [6.07, 6.45) is -5.93. The minimum atomic E-state index is -8.57. The number of rotatable bonds is 10. The van der Waals surface area contributed by atoms with Crippen molar-refractivity contribution in [2.45, 2.75) is 47.9 Å². The fourth-order valence-electron chi connectivity index (χ4n) is 2.53. The normalized spacial score (nSPS) is 14.7. The van der Waals surface area contributed by atoms with Gasteiger partial charge in [0.15, 0.2) is 5.13 Å². The number of aromatic nitrogens is 1. The Labute approximate surface area is 203 Å². The molecule has 1 N–H and O–H groups in total. The minimum Gasteiger partial charge on any atom is -0.296 e. The maximum atomic E-state index is 14.0. The predicted octanol–water partition coefficient (Wildman–Crippen LogP) is 7.46. The number of halogens is 16. The molecule has 0 unspecified atom stereocenters. The first-order valence-electron chi connectivity index (χ1n) is 9.16. The number of nitrogens with one attached hydrogen (secondary N) is 1. The van der Waals surface area contributed by atoms with Gasteiger partial charge in [0.2, 0.25) is 0 Å². The van der Waals surface area contributed by atoms with E-state index in [1.165, 1.54) is 30.3 Å². The number of benzene rings is 1. The van der Waals surface area contributed by atoms with Crippen LogP contribution in [0.25, 0.3) is 11.3 Å². The van der Waals surface area contributed by atoms with Crippen LogP contribution in [0.5, 0.6) is 0 Å². The molecule has 0 atom stereocenters. The summed E-state index contributed by atoms with van der Waals surface area (Å²) in [7, 11) is 0. The summed E-state index contributed by atoms with van der Waals surface area (Å²) in [5, 5.41) is 0.763. The molecule has 38 heavy (non-hydrogen) atoms. The van der Waals surface area contributed by atoms with E-state index in [4.69, 9.17) is 0 Å². The van der Waals surface area contributed by atoms with Gasteiger partial charge in [-0.15, -0.1) is 11.3 Å². The van der Waals surface area contributed by atoms with Crippen molar-refractivity contribution in [1.29, 1.82) is 0 Å². The molecule has 0 bridgehead atoms. The fraction of sp³-hybridized carbons (Fsp3) is 0.444. The van der Waals surface area contributed by atoms with Gasteiger partial charge in [0.1, 0.15) is 0 Å². The lowest BCUT2D eigenvalue weighted by molar-refractivity contribution is -0.443. The molecule has 1 heterocycles. The number of carbonyl (C=O) groups excluding carboxylic acids is 1. The number of nitrogens with zero attached hydrogens (tertiary/aromatic N) is 1. The third-order valence-electron chi connectivity index (χ3n) is 4.74. The Morgan fingerprint density at radius 2 is 1.16 bits per heavy atom. The highest BCUT2D eigenvalue weighted by Gasteiger charge is 2.94. The first-order valence-corrected chi connectivity index (χ1v) is 10.0. The van der Waals surface area contributed by atoms with Gasteiger partial charge in [0.25, 0.3) is 0 Å². The number of alkyl halides is 16. The molecule has 0 radical (unpaired) electrons. The van der Waals surface area contributed by atoms with E-state index in [0.717, 1.165) is 10.7 Å². The Hall–Kier alpha value is -2.80. The van der Waals surface area contributed by atoms with Crippen molar-refractivity contribution in [2.75, 3.05) is 5.32 Å². The molecule has 0 aliphatic carbocycles. The van der Waals surface area contributed by atoms with Gasteiger partial charge in [-0.25, -0.2) is 13.8 Å². The highest BCUT2D eigenvalue weighted by atomic mass is 32.1. The molecule has 0 aliphatic heterocycles. The number of thiazole rings is 1. The molecule has 1 aromatic carbocycles. The smallest absolute Gasteiger partial charge is 0.296 e. The molecular formula is C18H8F16N2OS. The van der Waals surface area contributed by atoms with E-state index >= 15 is 0 Å². The molecule has 2 rings (SSSR count). The van der Waals surface area contributed by atoms with Gasteiger partial charge in [-0.05, 0) is 0 Å². The minimum absolute atomic E-state index is 0.125. The summed E-state index contributed by atoms with van der Waals surface area (Å²) in [6, 6.07) is 7.09. The monoisotopic (exact) mass is 604 g/mol. The first kappa shape index (κ1) is 31.4. The Bertz CT molecular complexity index is 1150. The van der Waals surface area contributed by atoms with Gasteiger partial charge in [0.05, 0.1) is 5.69 Å². The Balaban J connectivity index is 2.44. The molecule has 1 amide bonds. The number of hydrogen-bond donors (Lipinski definition) is 1. The average Bonchev–Trinajstić information content (AvgIpc) is 3.27. The number of hydrogen-bond acceptors (Lipinski definition) is 3. The third kappa shape index (κ3) is 4.42. The third-order valence-corrected chi connectivity index (χ3v) is 5.50. The van der Waals surface area contributed by atoms with E-state index in [0.29, 0.717) is 0 Å². The van der Waals surface area contributed by atoms with Gasteiger partial charge >= 0.3 is 53.8 Å². The van der Waals surface area contributed by atoms with E-state index in [-0.39, 0.29) is 22.6 Å². The zero-order chi connectivity index (χ0) is 29.8. The fourth-order valence-corrected chi connectivity index (χ4v) is 3.24. The van der Waals surface area contributed by atoms with Gasteiger partial charge in [0, 0.05) is 10.9 Å². The number of amides is 1. The molecule has 0 saturated carbocycles. The molecule has 0 spiro atoms. The summed E-state index contributed by atoms with van der Waals surface area (Å²) >= 11 is 0.195. The summed E-state index contributed by atoms with van der Waals surface area (Å²) in [5.41, 5.74) is 0.107. The largest absolute Gasteiger partial charge is 0.393 e. The van der Waals surface area contributed by atoms with Crippen molar-refractivity contribution in [1.82, 2.24) is 4.98 Å². The zero-order valence-corrected chi connectivity index (χ0v) is 18.2. The molecule has 3 nitrogen and oxygen atoms in total. The zero-order valence-electron chi connectivity index (χ0n) is 17.4. The van der Waals surface area contributed by atoms with Crippen molar-refractivity contribution in [3.63, 3.8) is 0 Å². The van der Waals surface area contributed by atoms with Crippen molar-refractivity contribution in [2.24, 2.45) is 0 Å². The lowest BCUT2D eigenvalue weighted by atomic mass is 9.89. The standard InChI is InChI=1S/C18H8F16N2OS/c19-9(20)12(21,22)14(25,26)16(29,30)18(33,34)17(31,32)15(27,28)13(23,24)10(37)36-11-35-8(6-38-11)7-4-2-1-3-5-7/h1-6,9H,(H,35,36,37). The van der Waals surface area contributed by atoms with Gasteiger partial charge in [-0.3, -0.25) is 10.1 Å². The Morgan fingerprint density at radius 3 is 1.63 bits per heavy atom. The molecule has 1 aromatic heterocycles. The lowest BCUT2D eigenvalue weighted by Crippen LogP contribution is -2.74. The summed E-state index contributed by atoms with van der Waals surface area (Å²) in [5.74, 6) is -59.9. The lowest BCUT2D eigenvalue weighted by Gasteiger charge is -2.42. The van der Waals surface area contributed by atoms with Crippen molar-refractivity contribution < 1.29 is 75.0 Å². The Kier molecular flexibility index (Phi) is 7.80. The van der Waals surface area contributed by atoms with Crippen LogP contribution in [0, 0.1) is 0 Å². The van der Waals surface area contributed by atoms with Crippen LogP contribution in [-0.4, -0.2) is 58.8 Å². The maximum absolute atomic E-state index is 14.0. The van der Waals surface area contributed by atoms with Gasteiger partial charge < -0.3 is 0 Å². The second kappa shape index (κ2) is 9.44. The van der Waals surface area contributed by atoms with Gasteiger partial charge in [-0.2, -0.15) is 61.5 Å². The number of carbonyl (C=O) groups is 1. The molecule has 214 valence electrons. The second-order valence-corrected chi connectivity index (χ2v) is 8.09. The van der Waals surface area contributed by atoms with E-state index in [1.807, 2.05) is 0 Å². The van der Waals surface area contributed by atoms with E-state index < -0.39 is 58.9 Å². The maximum Gasteiger partial charge on any atom is 0.393 e.